The Bertz CT molecular complexity index is 672. The molecule has 0 aliphatic rings. The molecule has 0 saturated carbocycles. The molecule has 0 unspecified atom stereocenters. The number of carbonyl (C=O) groups is 1. The summed E-state index contributed by atoms with van der Waals surface area (Å²) in [5.41, 5.74) is 0.389. The number of alkyl halides is 3. The summed E-state index contributed by atoms with van der Waals surface area (Å²) in [7, 11) is 1.60. The van der Waals surface area contributed by atoms with Gasteiger partial charge in [0, 0.05) is 13.6 Å². The largest absolute Gasteiger partial charge is 0.466 e. The minimum Gasteiger partial charge on any atom is -0.466 e. The summed E-state index contributed by atoms with van der Waals surface area (Å²) in [6.07, 6.45) is -4.36. The summed E-state index contributed by atoms with van der Waals surface area (Å²) in [5, 5.41) is 0. The van der Waals surface area contributed by atoms with Crippen LogP contribution in [-0.4, -0.2) is 17.9 Å². The van der Waals surface area contributed by atoms with Crippen molar-refractivity contribution in [3.05, 3.63) is 58.5 Å². The first-order valence-electron chi connectivity index (χ1n) is 6.67. The molecule has 1 amide bonds. The van der Waals surface area contributed by atoms with Crippen LogP contribution in [0.25, 0.3) is 0 Å². The van der Waals surface area contributed by atoms with Gasteiger partial charge in [0.05, 0.1) is 11.1 Å². The van der Waals surface area contributed by atoms with Crippen molar-refractivity contribution >= 4 is 5.91 Å². The number of carbonyl (C=O) groups excluding carboxylic acids is 1. The number of hydrogen-bond donors (Lipinski definition) is 0. The summed E-state index contributed by atoms with van der Waals surface area (Å²) in [4.78, 5) is 13.7. The molecular formula is C16H16F3NO2. The molecule has 0 saturated heterocycles. The second-order valence-corrected chi connectivity index (χ2v) is 5.18. The van der Waals surface area contributed by atoms with Crippen molar-refractivity contribution in [3.63, 3.8) is 0 Å². The number of rotatable bonds is 3. The molecule has 0 bridgehead atoms. The van der Waals surface area contributed by atoms with Gasteiger partial charge in [-0.25, -0.2) is 0 Å². The lowest BCUT2D eigenvalue weighted by molar-refractivity contribution is -0.137. The molecule has 0 spiro atoms. The van der Waals surface area contributed by atoms with E-state index in [1.807, 2.05) is 0 Å². The molecule has 6 heteroatoms. The number of hydrogen-bond acceptors (Lipinski definition) is 2. The third kappa shape index (κ3) is 3.50. The first-order chi connectivity index (χ1) is 10.2. The van der Waals surface area contributed by atoms with Crippen molar-refractivity contribution in [3.8, 4) is 0 Å². The van der Waals surface area contributed by atoms with Crippen LogP contribution >= 0.6 is 0 Å². The van der Waals surface area contributed by atoms with E-state index in [-0.39, 0.29) is 12.5 Å². The molecule has 1 aromatic heterocycles. The van der Waals surface area contributed by atoms with Gasteiger partial charge in [-0.3, -0.25) is 4.79 Å². The van der Waals surface area contributed by atoms with E-state index in [0.29, 0.717) is 22.6 Å². The molecule has 0 aliphatic heterocycles. The number of halogens is 3. The van der Waals surface area contributed by atoms with Crippen LogP contribution < -0.4 is 0 Å². The van der Waals surface area contributed by atoms with Crippen molar-refractivity contribution in [2.75, 3.05) is 7.05 Å². The molecule has 1 heterocycles. The predicted octanol–water partition coefficient (Wildman–Crippen LogP) is 4.19. The van der Waals surface area contributed by atoms with Crippen LogP contribution in [0.3, 0.4) is 0 Å². The standard InChI is InChI=1S/C16H16F3NO2/c1-10-8-14(11(2)22-10)15(21)20(3)9-12-4-6-13(7-5-12)16(17,18)19/h4-8H,9H2,1-3H3. The number of aryl methyl sites for hydroxylation is 2. The highest BCUT2D eigenvalue weighted by Crippen LogP contribution is 2.29. The third-order valence-corrected chi connectivity index (χ3v) is 3.32. The zero-order valence-electron chi connectivity index (χ0n) is 12.5. The molecule has 0 fully saturated rings. The lowest BCUT2D eigenvalue weighted by Gasteiger charge is -2.17. The minimum absolute atomic E-state index is 0.223. The average Bonchev–Trinajstić information content (AvgIpc) is 2.76. The maximum absolute atomic E-state index is 12.5. The van der Waals surface area contributed by atoms with E-state index < -0.39 is 11.7 Å². The van der Waals surface area contributed by atoms with Crippen molar-refractivity contribution in [2.45, 2.75) is 26.6 Å². The lowest BCUT2D eigenvalue weighted by Crippen LogP contribution is -2.26. The molecular weight excluding hydrogens is 295 g/mol. The molecule has 0 N–H and O–H groups in total. The predicted molar refractivity (Wildman–Crippen MR) is 75.4 cm³/mol. The molecule has 2 rings (SSSR count). The fraction of sp³-hybridized carbons (Fsp3) is 0.312. The van der Waals surface area contributed by atoms with Crippen molar-refractivity contribution < 1.29 is 22.4 Å². The van der Waals surface area contributed by atoms with Gasteiger partial charge in [0.2, 0.25) is 0 Å². The van der Waals surface area contributed by atoms with Gasteiger partial charge in [0.1, 0.15) is 11.5 Å². The van der Waals surface area contributed by atoms with E-state index in [4.69, 9.17) is 4.42 Å². The van der Waals surface area contributed by atoms with Crippen molar-refractivity contribution in [1.29, 1.82) is 0 Å². The Morgan fingerprint density at radius 3 is 2.23 bits per heavy atom. The Morgan fingerprint density at radius 2 is 1.77 bits per heavy atom. The fourth-order valence-electron chi connectivity index (χ4n) is 2.19. The molecule has 2 aromatic rings. The van der Waals surface area contributed by atoms with Crippen molar-refractivity contribution in [1.82, 2.24) is 4.90 Å². The van der Waals surface area contributed by atoms with Gasteiger partial charge < -0.3 is 9.32 Å². The first-order valence-corrected chi connectivity index (χ1v) is 6.67. The maximum Gasteiger partial charge on any atom is 0.416 e. The van der Waals surface area contributed by atoms with E-state index in [1.54, 1.807) is 27.0 Å². The van der Waals surface area contributed by atoms with Gasteiger partial charge in [-0.15, -0.1) is 0 Å². The number of amides is 1. The first kappa shape index (κ1) is 16.1. The van der Waals surface area contributed by atoms with E-state index in [2.05, 4.69) is 0 Å². The van der Waals surface area contributed by atoms with Crippen LogP contribution in [0.1, 0.15) is 33.0 Å². The van der Waals surface area contributed by atoms with Crippen molar-refractivity contribution in [2.24, 2.45) is 0 Å². The number of benzene rings is 1. The zero-order valence-corrected chi connectivity index (χ0v) is 12.5. The molecule has 0 aliphatic carbocycles. The van der Waals surface area contributed by atoms with Gasteiger partial charge in [0.25, 0.3) is 5.91 Å². The van der Waals surface area contributed by atoms with E-state index in [0.717, 1.165) is 12.1 Å². The van der Waals surface area contributed by atoms with Crippen LogP contribution in [-0.2, 0) is 12.7 Å². The van der Waals surface area contributed by atoms with Gasteiger partial charge in [0.15, 0.2) is 0 Å². The van der Waals surface area contributed by atoms with Crippen LogP contribution in [0, 0.1) is 13.8 Å². The van der Waals surface area contributed by atoms with Gasteiger partial charge in [-0.05, 0) is 37.6 Å². The highest BCUT2D eigenvalue weighted by molar-refractivity contribution is 5.95. The third-order valence-electron chi connectivity index (χ3n) is 3.32. The topological polar surface area (TPSA) is 33.5 Å². The molecule has 0 atom stereocenters. The quantitative estimate of drug-likeness (QED) is 0.851. The molecule has 0 radical (unpaired) electrons. The fourth-order valence-corrected chi connectivity index (χ4v) is 2.19. The Morgan fingerprint density at radius 1 is 1.18 bits per heavy atom. The van der Waals surface area contributed by atoms with Gasteiger partial charge in [-0.2, -0.15) is 13.2 Å². The summed E-state index contributed by atoms with van der Waals surface area (Å²) in [6, 6.07) is 6.43. The SMILES string of the molecule is Cc1cc(C(=O)N(C)Cc2ccc(C(F)(F)F)cc2)c(C)o1. The lowest BCUT2D eigenvalue weighted by atomic mass is 10.1. The maximum atomic E-state index is 12.5. The van der Waals surface area contributed by atoms with E-state index in [9.17, 15) is 18.0 Å². The number of nitrogens with zero attached hydrogens (tertiary/aromatic N) is 1. The summed E-state index contributed by atoms with van der Waals surface area (Å²) in [6.45, 7) is 3.67. The molecule has 22 heavy (non-hydrogen) atoms. The van der Waals surface area contributed by atoms with Gasteiger partial charge >= 0.3 is 6.18 Å². The zero-order chi connectivity index (χ0) is 16.5. The Kier molecular flexibility index (Phi) is 4.30. The minimum atomic E-state index is -4.36. The van der Waals surface area contributed by atoms with Crippen LogP contribution in [0.15, 0.2) is 34.7 Å². The van der Waals surface area contributed by atoms with E-state index in [1.165, 1.54) is 17.0 Å². The van der Waals surface area contributed by atoms with Crippen LogP contribution in [0.2, 0.25) is 0 Å². The van der Waals surface area contributed by atoms with Crippen LogP contribution in [0.5, 0.6) is 0 Å². The second kappa shape index (κ2) is 5.87. The monoisotopic (exact) mass is 311 g/mol. The Labute approximate surface area is 126 Å². The highest BCUT2D eigenvalue weighted by Gasteiger charge is 2.30. The number of furan rings is 1. The summed E-state index contributed by atoms with van der Waals surface area (Å²) in [5.74, 6) is 0.944. The molecule has 118 valence electrons. The molecule has 3 nitrogen and oxygen atoms in total. The smallest absolute Gasteiger partial charge is 0.416 e. The Hall–Kier alpha value is -2.24. The summed E-state index contributed by atoms with van der Waals surface area (Å²) >= 11 is 0. The van der Waals surface area contributed by atoms with Crippen LogP contribution in [0.4, 0.5) is 13.2 Å². The molecule has 1 aromatic carbocycles. The van der Waals surface area contributed by atoms with Gasteiger partial charge in [-0.1, -0.05) is 12.1 Å². The second-order valence-electron chi connectivity index (χ2n) is 5.18. The highest BCUT2D eigenvalue weighted by atomic mass is 19.4. The normalized spacial score (nSPS) is 11.5. The Balaban J connectivity index is 2.10. The summed E-state index contributed by atoms with van der Waals surface area (Å²) < 4.78 is 42.8. The average molecular weight is 311 g/mol. The van der Waals surface area contributed by atoms with E-state index >= 15 is 0 Å².